The highest BCUT2D eigenvalue weighted by Crippen LogP contribution is 2.27. The summed E-state index contributed by atoms with van der Waals surface area (Å²) in [6, 6.07) is 7.38. The largest absolute Gasteiger partial charge is 0.476 e. The van der Waals surface area contributed by atoms with E-state index in [2.05, 4.69) is 10.2 Å². The SMILES string of the molecule is CN(CCCCCO)c1c(C(=O)O)nnc2ccccc12. The lowest BCUT2D eigenvalue weighted by Gasteiger charge is -2.22. The van der Waals surface area contributed by atoms with Gasteiger partial charge in [-0.3, -0.25) is 0 Å². The van der Waals surface area contributed by atoms with E-state index in [1.807, 2.05) is 36.2 Å². The Kier molecular flexibility index (Phi) is 5.05. The predicted molar refractivity (Wildman–Crippen MR) is 80.7 cm³/mol. The molecule has 0 atom stereocenters. The molecular formula is C15H19N3O3. The van der Waals surface area contributed by atoms with Crippen LogP contribution in [0, 0.1) is 0 Å². The predicted octanol–water partition coefficient (Wildman–Crippen LogP) is 1.93. The number of nitrogens with zero attached hydrogens (tertiary/aromatic N) is 3. The number of fused-ring (bicyclic) bond motifs is 1. The average Bonchev–Trinajstić information content (AvgIpc) is 2.50. The number of hydrogen-bond donors (Lipinski definition) is 2. The molecule has 0 aliphatic heterocycles. The van der Waals surface area contributed by atoms with Crippen molar-refractivity contribution in [1.82, 2.24) is 10.2 Å². The lowest BCUT2D eigenvalue weighted by atomic mass is 10.1. The minimum absolute atomic E-state index is 0.0293. The third-order valence-corrected chi connectivity index (χ3v) is 3.38. The Bertz CT molecular complexity index is 631. The zero-order valence-electron chi connectivity index (χ0n) is 12.0. The fourth-order valence-corrected chi connectivity index (χ4v) is 2.32. The number of aromatic carboxylic acids is 1. The molecule has 1 heterocycles. The van der Waals surface area contributed by atoms with Crippen molar-refractivity contribution in [3.63, 3.8) is 0 Å². The van der Waals surface area contributed by atoms with Crippen LogP contribution in [0.2, 0.25) is 0 Å². The van der Waals surface area contributed by atoms with Crippen LogP contribution in [0.15, 0.2) is 24.3 Å². The first-order chi connectivity index (χ1) is 10.1. The molecule has 0 radical (unpaired) electrons. The molecule has 21 heavy (non-hydrogen) atoms. The fourth-order valence-electron chi connectivity index (χ4n) is 2.32. The van der Waals surface area contributed by atoms with Crippen LogP contribution in [0.3, 0.4) is 0 Å². The summed E-state index contributed by atoms with van der Waals surface area (Å²) < 4.78 is 0. The Hall–Kier alpha value is -2.21. The molecule has 6 heteroatoms. The van der Waals surface area contributed by atoms with Crippen LogP contribution in [0.4, 0.5) is 5.69 Å². The Morgan fingerprint density at radius 2 is 1.95 bits per heavy atom. The molecule has 0 saturated heterocycles. The monoisotopic (exact) mass is 289 g/mol. The van der Waals surface area contributed by atoms with E-state index in [1.165, 1.54) is 0 Å². The zero-order chi connectivity index (χ0) is 15.2. The second kappa shape index (κ2) is 6.99. The molecule has 0 aliphatic rings. The Labute approximate surface area is 123 Å². The number of aliphatic hydroxyl groups is 1. The van der Waals surface area contributed by atoms with Gasteiger partial charge in [0.15, 0.2) is 5.69 Å². The lowest BCUT2D eigenvalue weighted by Crippen LogP contribution is -2.23. The third kappa shape index (κ3) is 3.46. The summed E-state index contributed by atoms with van der Waals surface area (Å²) in [7, 11) is 1.86. The highest BCUT2D eigenvalue weighted by atomic mass is 16.4. The maximum absolute atomic E-state index is 11.4. The summed E-state index contributed by atoms with van der Waals surface area (Å²) in [5, 5.41) is 26.7. The van der Waals surface area contributed by atoms with Crippen molar-refractivity contribution in [2.24, 2.45) is 0 Å². The van der Waals surface area contributed by atoms with E-state index in [0.29, 0.717) is 17.7 Å². The number of hydrogen-bond acceptors (Lipinski definition) is 5. The molecule has 0 unspecified atom stereocenters. The van der Waals surface area contributed by atoms with E-state index in [0.717, 1.165) is 24.6 Å². The van der Waals surface area contributed by atoms with E-state index in [9.17, 15) is 9.90 Å². The second-order valence-electron chi connectivity index (χ2n) is 4.93. The zero-order valence-corrected chi connectivity index (χ0v) is 12.0. The van der Waals surface area contributed by atoms with E-state index in [4.69, 9.17) is 5.11 Å². The molecular weight excluding hydrogens is 270 g/mol. The van der Waals surface area contributed by atoms with Crippen LogP contribution >= 0.6 is 0 Å². The van der Waals surface area contributed by atoms with Crippen LogP contribution in [0.1, 0.15) is 29.8 Å². The van der Waals surface area contributed by atoms with Crippen LogP contribution < -0.4 is 4.90 Å². The number of aliphatic hydroxyl groups excluding tert-OH is 1. The molecule has 1 aromatic heterocycles. The van der Waals surface area contributed by atoms with Crippen molar-refractivity contribution in [3.8, 4) is 0 Å². The van der Waals surface area contributed by atoms with Crippen molar-refractivity contribution in [1.29, 1.82) is 0 Å². The van der Waals surface area contributed by atoms with Gasteiger partial charge in [0.1, 0.15) is 0 Å². The van der Waals surface area contributed by atoms with Crippen LogP contribution in [0.5, 0.6) is 0 Å². The van der Waals surface area contributed by atoms with Crippen LogP contribution in [-0.2, 0) is 0 Å². The molecule has 0 amide bonds. The first-order valence-electron chi connectivity index (χ1n) is 6.96. The van der Waals surface area contributed by atoms with Gasteiger partial charge in [-0.05, 0) is 25.3 Å². The second-order valence-corrected chi connectivity index (χ2v) is 4.93. The number of anilines is 1. The molecule has 0 fully saturated rings. The normalized spacial score (nSPS) is 10.8. The number of unbranched alkanes of at least 4 members (excludes halogenated alkanes) is 2. The quantitative estimate of drug-likeness (QED) is 0.757. The van der Waals surface area contributed by atoms with Gasteiger partial charge in [0.2, 0.25) is 0 Å². The van der Waals surface area contributed by atoms with Gasteiger partial charge in [-0.1, -0.05) is 18.2 Å². The van der Waals surface area contributed by atoms with Crippen molar-refractivity contribution in [2.45, 2.75) is 19.3 Å². The standard InChI is InChI=1S/C15H19N3O3/c1-18(9-5-2-6-10-19)14-11-7-3-4-8-12(11)16-17-13(14)15(20)21/h3-4,7-8,19H,2,5-6,9-10H2,1H3,(H,20,21). The first-order valence-corrected chi connectivity index (χ1v) is 6.96. The maximum atomic E-state index is 11.4. The van der Waals surface area contributed by atoms with Crippen LogP contribution in [0.25, 0.3) is 10.9 Å². The minimum atomic E-state index is -1.08. The number of benzene rings is 1. The molecule has 0 spiro atoms. The highest BCUT2D eigenvalue weighted by Gasteiger charge is 2.19. The molecule has 0 aliphatic carbocycles. The number of carbonyl (C=O) groups is 1. The van der Waals surface area contributed by atoms with E-state index in [1.54, 1.807) is 0 Å². The van der Waals surface area contributed by atoms with Gasteiger partial charge in [-0.25, -0.2) is 4.79 Å². The van der Waals surface area contributed by atoms with Crippen molar-refractivity contribution in [2.75, 3.05) is 25.1 Å². The molecule has 2 rings (SSSR count). The minimum Gasteiger partial charge on any atom is -0.476 e. The van der Waals surface area contributed by atoms with E-state index < -0.39 is 5.97 Å². The molecule has 0 bridgehead atoms. The van der Waals surface area contributed by atoms with Crippen molar-refractivity contribution >= 4 is 22.6 Å². The van der Waals surface area contributed by atoms with Gasteiger partial charge < -0.3 is 15.1 Å². The summed E-state index contributed by atoms with van der Waals surface area (Å²) in [6.45, 7) is 0.889. The van der Waals surface area contributed by atoms with Gasteiger partial charge in [0.25, 0.3) is 0 Å². The highest BCUT2D eigenvalue weighted by molar-refractivity contribution is 6.02. The van der Waals surface area contributed by atoms with Crippen LogP contribution in [-0.4, -0.2) is 46.6 Å². The number of aromatic nitrogens is 2. The molecule has 0 saturated carbocycles. The van der Waals surface area contributed by atoms with Gasteiger partial charge in [-0.15, -0.1) is 10.2 Å². The smallest absolute Gasteiger partial charge is 0.358 e. The Morgan fingerprint density at radius 3 is 2.67 bits per heavy atom. The average molecular weight is 289 g/mol. The van der Waals surface area contributed by atoms with E-state index >= 15 is 0 Å². The number of rotatable bonds is 7. The molecule has 112 valence electrons. The van der Waals surface area contributed by atoms with Crippen molar-refractivity contribution in [3.05, 3.63) is 30.0 Å². The summed E-state index contributed by atoms with van der Waals surface area (Å²) in [5.74, 6) is -1.08. The van der Waals surface area contributed by atoms with Gasteiger partial charge in [0.05, 0.1) is 11.2 Å². The summed E-state index contributed by atoms with van der Waals surface area (Å²) in [5.41, 5.74) is 1.25. The summed E-state index contributed by atoms with van der Waals surface area (Å²) in [6.07, 6.45) is 2.54. The van der Waals surface area contributed by atoms with Crippen molar-refractivity contribution < 1.29 is 15.0 Å². The molecule has 1 aromatic carbocycles. The summed E-state index contributed by atoms with van der Waals surface area (Å²) >= 11 is 0. The van der Waals surface area contributed by atoms with E-state index in [-0.39, 0.29) is 12.3 Å². The topological polar surface area (TPSA) is 86.5 Å². The maximum Gasteiger partial charge on any atom is 0.358 e. The molecule has 2 aromatic rings. The lowest BCUT2D eigenvalue weighted by molar-refractivity contribution is 0.0690. The number of carboxylic acid groups (broad SMARTS) is 1. The first kappa shape index (κ1) is 15.2. The Morgan fingerprint density at radius 1 is 1.19 bits per heavy atom. The fraction of sp³-hybridized carbons (Fsp3) is 0.400. The third-order valence-electron chi connectivity index (χ3n) is 3.38. The Balaban J connectivity index is 2.34. The molecule has 6 nitrogen and oxygen atoms in total. The van der Waals surface area contributed by atoms with Gasteiger partial charge in [0, 0.05) is 25.6 Å². The summed E-state index contributed by atoms with van der Waals surface area (Å²) in [4.78, 5) is 13.3. The van der Waals surface area contributed by atoms with Gasteiger partial charge >= 0.3 is 5.97 Å². The molecule has 2 N–H and O–H groups in total. The van der Waals surface area contributed by atoms with Gasteiger partial charge in [-0.2, -0.15) is 0 Å². The number of carboxylic acids is 1.